The largest absolute Gasteiger partial charge is 0.495 e. The molecule has 0 radical (unpaired) electrons. The number of amides is 6. The SMILES string of the molecule is COc1cc(C(=O)NC2CCN(CCCOCCCCNc3cccc4c3C(=O)N(C3CCC(=O)NC3=O)C4=O)CC2)c(F)cc1Nc1ncc2c(n1)N(C1CCCC1)CC(F)(F)C(=O)N2C. The van der Waals surface area contributed by atoms with Crippen LogP contribution in [-0.4, -0.2) is 139 Å². The molecule has 3 fully saturated rings. The van der Waals surface area contributed by atoms with Gasteiger partial charge in [-0.05, 0) is 69.6 Å². The van der Waals surface area contributed by atoms with Gasteiger partial charge in [-0.3, -0.25) is 39.0 Å². The number of methoxy groups -OCH3 is 1. The number of hydrogen-bond donors (Lipinski definition) is 4. The highest BCUT2D eigenvalue weighted by Crippen LogP contribution is 2.40. The third-order valence-electron chi connectivity index (χ3n) is 13.1. The molecular weight excluding hydrogens is 878 g/mol. The first-order chi connectivity index (χ1) is 32.2. The molecule has 5 aliphatic rings. The van der Waals surface area contributed by atoms with Gasteiger partial charge in [-0.2, -0.15) is 13.8 Å². The number of nitrogens with one attached hydrogen (secondary N) is 4. The Kier molecular flexibility index (Phi) is 14.3. The number of benzene rings is 2. The molecular formula is C46H55F3N10O8. The first-order valence-electron chi connectivity index (χ1n) is 22.9. The van der Waals surface area contributed by atoms with Gasteiger partial charge in [0.15, 0.2) is 5.82 Å². The zero-order valence-corrected chi connectivity index (χ0v) is 37.5. The van der Waals surface area contributed by atoms with Crippen LogP contribution in [-0.2, 0) is 19.1 Å². The van der Waals surface area contributed by atoms with E-state index in [1.54, 1.807) is 18.2 Å². The van der Waals surface area contributed by atoms with Gasteiger partial charge in [-0.1, -0.05) is 18.9 Å². The molecule has 8 rings (SSSR count). The number of fused-ring (bicyclic) bond motifs is 2. The fourth-order valence-electron chi connectivity index (χ4n) is 9.49. The number of unbranched alkanes of at least 4 members (excludes halogenated alkanes) is 1. The summed E-state index contributed by atoms with van der Waals surface area (Å²) >= 11 is 0. The van der Waals surface area contributed by atoms with E-state index in [2.05, 4.69) is 36.1 Å². The molecule has 0 bridgehead atoms. The smallest absolute Gasteiger partial charge is 0.342 e. The van der Waals surface area contributed by atoms with Gasteiger partial charge in [0.1, 0.15) is 23.3 Å². The van der Waals surface area contributed by atoms with E-state index in [0.717, 1.165) is 67.6 Å². The molecule has 2 aromatic carbocycles. The third kappa shape index (κ3) is 10.2. The maximum absolute atomic E-state index is 15.6. The van der Waals surface area contributed by atoms with Crippen LogP contribution < -0.4 is 35.8 Å². The number of ether oxygens (including phenoxy) is 2. The molecule has 2 saturated heterocycles. The van der Waals surface area contributed by atoms with E-state index in [1.807, 2.05) is 0 Å². The summed E-state index contributed by atoms with van der Waals surface area (Å²) in [6.07, 6.45) is 8.23. The number of piperidine rings is 2. The predicted octanol–water partition coefficient (Wildman–Crippen LogP) is 4.62. The van der Waals surface area contributed by atoms with E-state index < -0.39 is 59.8 Å². The van der Waals surface area contributed by atoms with Gasteiger partial charge in [-0.15, -0.1) is 0 Å². The summed E-state index contributed by atoms with van der Waals surface area (Å²) in [7, 11) is 2.64. The first-order valence-corrected chi connectivity index (χ1v) is 22.9. The lowest BCUT2D eigenvalue weighted by molar-refractivity contribution is -0.140. The zero-order chi connectivity index (χ0) is 47.4. The number of aromatic nitrogens is 2. The minimum absolute atomic E-state index is 0.0257. The molecule has 1 atom stereocenters. The maximum Gasteiger partial charge on any atom is 0.342 e. The molecule has 18 nitrogen and oxygen atoms in total. The Balaban J connectivity index is 0.749. The van der Waals surface area contributed by atoms with Crippen molar-refractivity contribution < 1.29 is 51.4 Å². The molecule has 1 unspecified atom stereocenters. The second-order valence-electron chi connectivity index (χ2n) is 17.6. The topological polar surface area (TPSA) is 208 Å². The molecule has 1 aromatic heterocycles. The van der Waals surface area contributed by atoms with Crippen molar-refractivity contribution in [3.05, 3.63) is 59.0 Å². The van der Waals surface area contributed by atoms with Crippen molar-refractivity contribution in [3.8, 4) is 5.75 Å². The Hall–Kier alpha value is -6.35. The standard InChI is InChI=1S/C46H55F3N10O8/c1-56-35-25-51-45(55-39(35)58(28-9-3-4-10-28)26-46(48,49)44(56)65)53-33-24-31(47)30(23-36(33)66-2)40(61)52-27-15-19-57(20-16-27)18-8-22-67-21-6-5-17-50-32-12-7-11-29-38(32)43(64)59(42(29)63)34-13-14-37(60)54-41(34)62/h7,11-12,23-25,27-28,34,50H,3-6,8-10,13-22,26H2,1-2H3,(H,52,61)(H,51,53,55)(H,54,60,62). The lowest BCUT2D eigenvalue weighted by Crippen LogP contribution is -2.54. The van der Waals surface area contributed by atoms with Crippen LogP contribution in [0.25, 0.3) is 0 Å². The monoisotopic (exact) mass is 932 g/mol. The molecule has 0 spiro atoms. The fraction of sp³-hybridized carbons (Fsp3) is 0.522. The number of alkyl halides is 2. The Morgan fingerprint density at radius 1 is 0.955 bits per heavy atom. The number of anilines is 5. The highest BCUT2D eigenvalue weighted by Gasteiger charge is 2.49. The van der Waals surface area contributed by atoms with Crippen molar-refractivity contribution in [1.82, 2.24) is 30.4 Å². The highest BCUT2D eigenvalue weighted by atomic mass is 19.3. The fourth-order valence-corrected chi connectivity index (χ4v) is 9.49. The number of likely N-dealkylation sites (tertiary alicyclic amines) is 1. The molecule has 6 amide bonds. The number of hydrogen-bond acceptors (Lipinski definition) is 14. The van der Waals surface area contributed by atoms with Crippen molar-refractivity contribution in [2.45, 2.75) is 94.7 Å². The van der Waals surface area contributed by atoms with Crippen LogP contribution in [0.5, 0.6) is 5.75 Å². The lowest BCUT2D eigenvalue weighted by Gasteiger charge is -2.32. The van der Waals surface area contributed by atoms with Gasteiger partial charge < -0.3 is 40.1 Å². The molecule has 4 aliphatic heterocycles. The van der Waals surface area contributed by atoms with E-state index >= 15 is 13.2 Å². The van der Waals surface area contributed by atoms with Gasteiger partial charge >= 0.3 is 5.92 Å². The van der Waals surface area contributed by atoms with Crippen molar-refractivity contribution in [2.24, 2.45) is 0 Å². The van der Waals surface area contributed by atoms with Crippen LogP contribution in [0.15, 0.2) is 36.5 Å². The molecule has 21 heteroatoms. The average molecular weight is 933 g/mol. The van der Waals surface area contributed by atoms with Crippen LogP contribution in [0.1, 0.15) is 102 Å². The average Bonchev–Trinajstić information content (AvgIpc) is 3.92. The summed E-state index contributed by atoms with van der Waals surface area (Å²) in [6, 6.07) is 5.95. The van der Waals surface area contributed by atoms with Crippen LogP contribution in [0, 0.1) is 5.82 Å². The molecule has 4 N–H and O–H groups in total. The summed E-state index contributed by atoms with van der Waals surface area (Å²) < 4.78 is 57.1. The van der Waals surface area contributed by atoms with Gasteiger partial charge in [0.2, 0.25) is 17.8 Å². The lowest BCUT2D eigenvalue weighted by atomic mass is 10.0. The Morgan fingerprint density at radius 2 is 1.72 bits per heavy atom. The van der Waals surface area contributed by atoms with Crippen molar-refractivity contribution >= 4 is 64.3 Å². The van der Waals surface area contributed by atoms with Crippen LogP contribution in [0.4, 0.5) is 42.0 Å². The van der Waals surface area contributed by atoms with Gasteiger partial charge in [-0.25, -0.2) is 9.37 Å². The quantitative estimate of drug-likeness (QED) is 0.108. The van der Waals surface area contributed by atoms with Crippen LogP contribution in [0.2, 0.25) is 0 Å². The maximum atomic E-state index is 15.6. The summed E-state index contributed by atoms with van der Waals surface area (Å²) in [5.41, 5.74) is 1.02. The first kappa shape index (κ1) is 47.2. The van der Waals surface area contributed by atoms with E-state index in [4.69, 9.17) is 9.47 Å². The molecule has 5 heterocycles. The number of nitrogens with zero attached hydrogens (tertiary/aromatic N) is 6. The summed E-state index contributed by atoms with van der Waals surface area (Å²) in [6.45, 7) is 3.15. The number of carbonyl (C=O) groups is 6. The molecule has 67 heavy (non-hydrogen) atoms. The zero-order valence-electron chi connectivity index (χ0n) is 37.5. The second kappa shape index (κ2) is 20.3. The number of rotatable bonds is 17. The molecule has 1 saturated carbocycles. The third-order valence-corrected chi connectivity index (χ3v) is 13.1. The molecule has 358 valence electrons. The Labute approximate surface area is 385 Å². The summed E-state index contributed by atoms with van der Waals surface area (Å²) in [5.74, 6) is -8.27. The van der Waals surface area contributed by atoms with E-state index in [9.17, 15) is 28.8 Å². The number of imide groups is 2. The minimum Gasteiger partial charge on any atom is -0.495 e. The number of halogens is 3. The number of carbonyl (C=O) groups excluding carboxylic acids is 6. The van der Waals surface area contributed by atoms with Crippen LogP contribution >= 0.6 is 0 Å². The summed E-state index contributed by atoms with van der Waals surface area (Å²) in [5, 5.41) is 11.3. The van der Waals surface area contributed by atoms with Crippen molar-refractivity contribution in [1.29, 1.82) is 0 Å². The van der Waals surface area contributed by atoms with E-state index in [-0.39, 0.29) is 70.5 Å². The van der Waals surface area contributed by atoms with Crippen LogP contribution in [0.3, 0.4) is 0 Å². The van der Waals surface area contributed by atoms with Crippen molar-refractivity contribution in [2.75, 3.05) is 80.5 Å². The Bertz CT molecular complexity index is 2410. The normalized spacial score (nSPS) is 20.2. The van der Waals surface area contributed by atoms with Crippen molar-refractivity contribution in [3.63, 3.8) is 0 Å². The Morgan fingerprint density at radius 3 is 2.46 bits per heavy atom. The molecule has 3 aromatic rings. The van der Waals surface area contributed by atoms with Gasteiger partial charge in [0.25, 0.3) is 23.6 Å². The summed E-state index contributed by atoms with van der Waals surface area (Å²) in [4.78, 5) is 90.8. The van der Waals surface area contributed by atoms with Gasteiger partial charge in [0.05, 0.1) is 42.2 Å². The van der Waals surface area contributed by atoms with Gasteiger partial charge in [0, 0.05) is 76.7 Å². The second-order valence-corrected chi connectivity index (χ2v) is 17.6. The van der Waals surface area contributed by atoms with E-state index in [1.165, 1.54) is 31.3 Å². The minimum atomic E-state index is -3.63. The molecule has 1 aliphatic carbocycles. The highest BCUT2D eigenvalue weighted by molar-refractivity contribution is 6.25. The predicted molar refractivity (Wildman–Crippen MR) is 239 cm³/mol. The van der Waals surface area contributed by atoms with E-state index in [0.29, 0.717) is 51.1 Å².